The Hall–Kier alpha value is -0.860. The number of aryl methyl sites for hydroxylation is 1. The molecule has 1 aromatic heterocycles. The van der Waals surface area contributed by atoms with Crippen LogP contribution in [0.3, 0.4) is 0 Å². The van der Waals surface area contributed by atoms with Gasteiger partial charge in [0.05, 0.1) is 0 Å². The monoisotopic (exact) mass is 208 g/mol. The average molecular weight is 208 g/mol. The van der Waals surface area contributed by atoms with E-state index in [1.807, 2.05) is 0 Å². The molecule has 0 amide bonds. The Kier molecular flexibility index (Phi) is 3.75. The van der Waals surface area contributed by atoms with Gasteiger partial charge in [-0.15, -0.1) is 10.2 Å². The molecular formula is C12H20N2O. The number of rotatable bonds is 4. The minimum absolute atomic E-state index is 0.543. The van der Waals surface area contributed by atoms with Gasteiger partial charge in [0.15, 0.2) is 0 Å². The first-order valence-electron chi connectivity index (χ1n) is 6.22. The summed E-state index contributed by atoms with van der Waals surface area (Å²) in [5.74, 6) is 2.26. The summed E-state index contributed by atoms with van der Waals surface area (Å²) in [6, 6.07) is 0. The smallest absolute Gasteiger partial charge is 0.219 e. The van der Waals surface area contributed by atoms with Gasteiger partial charge in [0.25, 0.3) is 0 Å². The third-order valence-corrected chi connectivity index (χ3v) is 3.18. The summed E-state index contributed by atoms with van der Waals surface area (Å²) in [6.07, 6.45) is 9.73. The third kappa shape index (κ3) is 2.80. The highest BCUT2D eigenvalue weighted by Gasteiger charge is 2.20. The molecule has 0 atom stereocenters. The first-order chi connectivity index (χ1) is 7.40. The van der Waals surface area contributed by atoms with Crippen molar-refractivity contribution in [2.75, 3.05) is 0 Å². The highest BCUT2D eigenvalue weighted by molar-refractivity contribution is 4.93. The first-order valence-corrected chi connectivity index (χ1v) is 6.22. The molecule has 3 heteroatoms. The zero-order chi connectivity index (χ0) is 10.5. The van der Waals surface area contributed by atoms with Crippen molar-refractivity contribution >= 4 is 0 Å². The number of nitrogens with zero attached hydrogens (tertiary/aromatic N) is 2. The van der Waals surface area contributed by atoms with Gasteiger partial charge >= 0.3 is 0 Å². The van der Waals surface area contributed by atoms with Crippen LogP contribution in [0.2, 0.25) is 0 Å². The van der Waals surface area contributed by atoms with E-state index in [0.717, 1.165) is 24.6 Å². The van der Waals surface area contributed by atoms with E-state index >= 15 is 0 Å². The predicted octanol–water partition coefficient (Wildman–Crippen LogP) is 3.46. The standard InChI is InChI=1S/C12H20N2O/c1-2-3-9-11-13-14-12(15-11)10-7-5-4-6-8-10/h10H,2-9H2,1H3. The zero-order valence-corrected chi connectivity index (χ0v) is 9.54. The molecule has 1 heterocycles. The van der Waals surface area contributed by atoms with Gasteiger partial charge in [-0.1, -0.05) is 32.6 Å². The lowest BCUT2D eigenvalue weighted by Gasteiger charge is -2.17. The lowest BCUT2D eigenvalue weighted by molar-refractivity contribution is 0.350. The maximum atomic E-state index is 5.70. The Morgan fingerprint density at radius 2 is 2.00 bits per heavy atom. The maximum Gasteiger partial charge on any atom is 0.219 e. The zero-order valence-electron chi connectivity index (χ0n) is 9.54. The second kappa shape index (κ2) is 5.29. The molecule has 1 saturated carbocycles. The molecule has 0 unspecified atom stereocenters. The summed E-state index contributed by atoms with van der Waals surface area (Å²) >= 11 is 0. The minimum atomic E-state index is 0.543. The van der Waals surface area contributed by atoms with Gasteiger partial charge in [-0.05, 0) is 19.3 Å². The van der Waals surface area contributed by atoms with Gasteiger partial charge < -0.3 is 4.42 Å². The van der Waals surface area contributed by atoms with Crippen molar-refractivity contribution in [2.24, 2.45) is 0 Å². The molecule has 1 aliphatic carbocycles. The predicted molar refractivity (Wildman–Crippen MR) is 58.7 cm³/mol. The quantitative estimate of drug-likeness (QED) is 0.760. The summed E-state index contributed by atoms with van der Waals surface area (Å²) in [7, 11) is 0. The van der Waals surface area contributed by atoms with Crippen LogP contribution in [0.15, 0.2) is 4.42 Å². The van der Waals surface area contributed by atoms with Crippen molar-refractivity contribution < 1.29 is 4.42 Å². The number of aromatic nitrogens is 2. The van der Waals surface area contributed by atoms with Crippen LogP contribution < -0.4 is 0 Å². The highest BCUT2D eigenvalue weighted by atomic mass is 16.4. The van der Waals surface area contributed by atoms with Gasteiger partial charge in [0.1, 0.15) is 0 Å². The summed E-state index contributed by atoms with van der Waals surface area (Å²) in [5.41, 5.74) is 0. The molecule has 0 radical (unpaired) electrons. The fourth-order valence-corrected chi connectivity index (χ4v) is 2.21. The molecule has 1 aliphatic rings. The molecule has 84 valence electrons. The fraction of sp³-hybridized carbons (Fsp3) is 0.833. The highest BCUT2D eigenvalue weighted by Crippen LogP contribution is 2.31. The van der Waals surface area contributed by atoms with Gasteiger partial charge in [-0.25, -0.2) is 0 Å². The molecule has 0 aliphatic heterocycles. The summed E-state index contributed by atoms with van der Waals surface area (Å²) < 4.78 is 5.70. The molecule has 1 aromatic rings. The number of hydrogen-bond acceptors (Lipinski definition) is 3. The van der Waals surface area contributed by atoms with Crippen LogP contribution in [0.4, 0.5) is 0 Å². The van der Waals surface area contributed by atoms with Crippen LogP contribution in [0.5, 0.6) is 0 Å². The topological polar surface area (TPSA) is 38.9 Å². The summed E-state index contributed by atoms with van der Waals surface area (Å²) in [4.78, 5) is 0. The van der Waals surface area contributed by atoms with Crippen molar-refractivity contribution in [3.05, 3.63) is 11.8 Å². The number of hydrogen-bond donors (Lipinski definition) is 0. The first kappa shape index (κ1) is 10.7. The molecule has 3 nitrogen and oxygen atoms in total. The van der Waals surface area contributed by atoms with E-state index in [1.165, 1.54) is 38.5 Å². The van der Waals surface area contributed by atoms with E-state index in [0.29, 0.717) is 5.92 Å². The molecule has 0 spiro atoms. The molecular weight excluding hydrogens is 188 g/mol. The van der Waals surface area contributed by atoms with Crippen LogP contribution in [0.1, 0.15) is 69.6 Å². The molecule has 0 N–H and O–H groups in total. The van der Waals surface area contributed by atoms with Crippen molar-refractivity contribution in [3.63, 3.8) is 0 Å². The lowest BCUT2D eigenvalue weighted by atomic mass is 9.89. The van der Waals surface area contributed by atoms with Crippen molar-refractivity contribution in [2.45, 2.75) is 64.2 Å². The van der Waals surface area contributed by atoms with Gasteiger partial charge in [-0.3, -0.25) is 0 Å². The Labute approximate surface area is 91.3 Å². The van der Waals surface area contributed by atoms with Gasteiger partial charge in [-0.2, -0.15) is 0 Å². The lowest BCUT2D eigenvalue weighted by Crippen LogP contribution is -2.04. The summed E-state index contributed by atoms with van der Waals surface area (Å²) in [5, 5.41) is 8.29. The third-order valence-electron chi connectivity index (χ3n) is 3.18. The van der Waals surface area contributed by atoms with Crippen LogP contribution in [0, 0.1) is 0 Å². The molecule has 0 aromatic carbocycles. The molecule has 0 saturated heterocycles. The van der Waals surface area contributed by atoms with Crippen LogP contribution in [-0.4, -0.2) is 10.2 Å². The van der Waals surface area contributed by atoms with Crippen LogP contribution in [-0.2, 0) is 6.42 Å². The van der Waals surface area contributed by atoms with Crippen molar-refractivity contribution in [3.8, 4) is 0 Å². The van der Waals surface area contributed by atoms with Gasteiger partial charge in [0.2, 0.25) is 11.8 Å². The van der Waals surface area contributed by atoms with Crippen LogP contribution >= 0.6 is 0 Å². The molecule has 1 fully saturated rings. The average Bonchev–Trinajstić information content (AvgIpc) is 2.76. The van der Waals surface area contributed by atoms with E-state index in [1.54, 1.807) is 0 Å². The second-order valence-corrected chi connectivity index (χ2v) is 4.47. The van der Waals surface area contributed by atoms with E-state index in [-0.39, 0.29) is 0 Å². The minimum Gasteiger partial charge on any atom is -0.425 e. The SMILES string of the molecule is CCCCc1nnc(C2CCCCC2)o1. The van der Waals surface area contributed by atoms with Crippen molar-refractivity contribution in [1.82, 2.24) is 10.2 Å². The van der Waals surface area contributed by atoms with Gasteiger partial charge in [0, 0.05) is 12.3 Å². The Balaban J connectivity index is 1.93. The molecule has 15 heavy (non-hydrogen) atoms. The van der Waals surface area contributed by atoms with E-state index in [9.17, 15) is 0 Å². The Morgan fingerprint density at radius 1 is 1.20 bits per heavy atom. The Morgan fingerprint density at radius 3 is 2.73 bits per heavy atom. The maximum absolute atomic E-state index is 5.70. The normalized spacial score (nSPS) is 18.2. The largest absolute Gasteiger partial charge is 0.425 e. The Bertz CT molecular complexity index is 290. The second-order valence-electron chi connectivity index (χ2n) is 4.47. The molecule has 0 bridgehead atoms. The summed E-state index contributed by atoms with van der Waals surface area (Å²) in [6.45, 7) is 2.18. The van der Waals surface area contributed by atoms with Crippen molar-refractivity contribution in [1.29, 1.82) is 0 Å². The van der Waals surface area contributed by atoms with E-state index < -0.39 is 0 Å². The number of unbranched alkanes of at least 4 members (excludes halogenated alkanes) is 1. The van der Waals surface area contributed by atoms with E-state index in [4.69, 9.17) is 4.42 Å². The molecule has 2 rings (SSSR count). The fourth-order valence-electron chi connectivity index (χ4n) is 2.21. The van der Waals surface area contributed by atoms with E-state index in [2.05, 4.69) is 17.1 Å². The van der Waals surface area contributed by atoms with Crippen LogP contribution in [0.25, 0.3) is 0 Å².